The first kappa shape index (κ1) is 7.53. The molecule has 0 aliphatic carbocycles. The summed E-state index contributed by atoms with van der Waals surface area (Å²) in [7, 11) is 0. The van der Waals surface area contributed by atoms with Gasteiger partial charge in [0.2, 0.25) is 0 Å². The van der Waals surface area contributed by atoms with Crippen molar-refractivity contribution < 1.29 is 14.2 Å². The van der Waals surface area contributed by atoms with Crippen molar-refractivity contribution in [3.8, 4) is 0 Å². The van der Waals surface area contributed by atoms with Gasteiger partial charge < -0.3 is 14.2 Å². The van der Waals surface area contributed by atoms with Gasteiger partial charge in [-0.15, -0.1) is 0 Å². The van der Waals surface area contributed by atoms with Crippen molar-refractivity contribution in [3.63, 3.8) is 0 Å². The molecule has 2 rings (SSSR count). The molecule has 3 heteroatoms. The fourth-order valence-corrected chi connectivity index (χ4v) is 1.37. The molecule has 11 heavy (non-hydrogen) atoms. The van der Waals surface area contributed by atoms with Crippen LogP contribution in [0.15, 0.2) is 0 Å². The molecule has 0 spiro atoms. The highest BCUT2D eigenvalue weighted by Crippen LogP contribution is 2.28. The molecule has 1 radical (unpaired) electrons. The van der Waals surface area contributed by atoms with Crippen molar-refractivity contribution in [2.24, 2.45) is 0 Å². The van der Waals surface area contributed by atoms with E-state index in [9.17, 15) is 0 Å². The highest BCUT2D eigenvalue weighted by atomic mass is 16.7. The average Bonchev–Trinajstić information content (AvgIpc) is 2.32. The summed E-state index contributed by atoms with van der Waals surface area (Å²) < 4.78 is 16.0. The first-order valence-electron chi connectivity index (χ1n) is 4.06. The zero-order chi connectivity index (χ0) is 7.68. The summed E-state index contributed by atoms with van der Waals surface area (Å²) in [4.78, 5) is 0. The quantitative estimate of drug-likeness (QED) is 0.591. The fourth-order valence-electron chi connectivity index (χ4n) is 1.37. The smallest absolute Gasteiger partial charge is 0.166 e. The Morgan fingerprint density at radius 1 is 1.09 bits per heavy atom. The third-order valence-electron chi connectivity index (χ3n) is 2.20. The Morgan fingerprint density at radius 3 is 2.18 bits per heavy atom. The van der Waals surface area contributed by atoms with Crippen LogP contribution in [-0.2, 0) is 14.2 Å². The Labute approximate surface area is 66.6 Å². The average molecular weight is 157 g/mol. The van der Waals surface area contributed by atoms with Crippen LogP contribution in [0.4, 0.5) is 0 Å². The van der Waals surface area contributed by atoms with Crippen molar-refractivity contribution in [1.29, 1.82) is 0 Å². The van der Waals surface area contributed by atoms with Gasteiger partial charge in [0.25, 0.3) is 0 Å². The van der Waals surface area contributed by atoms with Crippen molar-refractivity contribution in [2.75, 3.05) is 19.8 Å². The second-order valence-electron chi connectivity index (χ2n) is 2.97. The molecule has 0 saturated carbocycles. The molecule has 3 nitrogen and oxygen atoms in total. The zero-order valence-corrected chi connectivity index (χ0v) is 6.71. The van der Waals surface area contributed by atoms with Crippen LogP contribution in [0.1, 0.15) is 13.3 Å². The van der Waals surface area contributed by atoms with Crippen molar-refractivity contribution in [3.05, 3.63) is 5.92 Å². The van der Waals surface area contributed by atoms with E-state index < -0.39 is 0 Å². The van der Waals surface area contributed by atoms with Gasteiger partial charge in [0.15, 0.2) is 6.29 Å². The summed E-state index contributed by atoms with van der Waals surface area (Å²) >= 11 is 0. The fraction of sp³-hybridized carbons (Fsp3) is 0.875. The Balaban J connectivity index is 1.82. The van der Waals surface area contributed by atoms with Gasteiger partial charge in [-0.25, -0.2) is 0 Å². The molecule has 2 fully saturated rings. The monoisotopic (exact) mass is 157 g/mol. The molecule has 63 valence electrons. The predicted molar refractivity (Wildman–Crippen MR) is 39.0 cm³/mol. The molecule has 1 unspecified atom stereocenters. The van der Waals surface area contributed by atoms with Gasteiger partial charge >= 0.3 is 0 Å². The van der Waals surface area contributed by atoms with Gasteiger partial charge in [0, 0.05) is 6.61 Å². The largest absolute Gasteiger partial charge is 0.377 e. The molecule has 0 aromatic rings. The number of hydrogen-bond acceptors (Lipinski definition) is 3. The maximum Gasteiger partial charge on any atom is 0.166 e. The lowest BCUT2D eigenvalue weighted by molar-refractivity contribution is -0.0997. The van der Waals surface area contributed by atoms with Crippen LogP contribution in [0.5, 0.6) is 0 Å². The minimum absolute atomic E-state index is 0.0969. The van der Waals surface area contributed by atoms with Gasteiger partial charge in [0.05, 0.1) is 25.2 Å². The van der Waals surface area contributed by atoms with Crippen LogP contribution in [-0.4, -0.2) is 32.2 Å². The molecule has 0 N–H and O–H groups in total. The summed E-state index contributed by atoms with van der Waals surface area (Å²) in [5, 5.41) is 0. The van der Waals surface area contributed by atoms with Crippen molar-refractivity contribution in [2.45, 2.75) is 25.7 Å². The standard InChI is InChI=1S/C8H13O3/c1-6(7-2-3-9-7)8-10-4-5-11-8/h7-8H,2-5H2,1H3. The lowest BCUT2D eigenvalue weighted by Crippen LogP contribution is -2.38. The second-order valence-corrected chi connectivity index (χ2v) is 2.97. The van der Waals surface area contributed by atoms with Crippen LogP contribution in [0.2, 0.25) is 0 Å². The predicted octanol–water partition coefficient (Wildman–Crippen LogP) is 0.743. The van der Waals surface area contributed by atoms with Crippen LogP contribution < -0.4 is 0 Å². The molecular formula is C8H13O3. The number of hydrogen-bond donors (Lipinski definition) is 0. The summed E-state index contributed by atoms with van der Waals surface area (Å²) in [5.74, 6) is 1.19. The summed E-state index contributed by atoms with van der Waals surface area (Å²) in [5.41, 5.74) is 0. The van der Waals surface area contributed by atoms with E-state index in [4.69, 9.17) is 14.2 Å². The molecule has 2 aliphatic heterocycles. The third-order valence-corrected chi connectivity index (χ3v) is 2.20. The molecule has 0 amide bonds. The van der Waals surface area contributed by atoms with Crippen LogP contribution in [0.25, 0.3) is 0 Å². The van der Waals surface area contributed by atoms with E-state index in [0.717, 1.165) is 13.0 Å². The van der Waals surface area contributed by atoms with Gasteiger partial charge in [-0.1, -0.05) is 6.92 Å². The molecule has 0 aromatic heterocycles. The third kappa shape index (κ3) is 1.41. The Hall–Kier alpha value is -0.120. The van der Waals surface area contributed by atoms with E-state index in [0.29, 0.717) is 13.2 Å². The minimum atomic E-state index is -0.0969. The molecule has 0 aromatic carbocycles. The topological polar surface area (TPSA) is 27.7 Å². The maximum absolute atomic E-state index is 5.33. The van der Waals surface area contributed by atoms with E-state index in [2.05, 4.69) is 0 Å². The Kier molecular flexibility index (Phi) is 2.11. The summed E-state index contributed by atoms with van der Waals surface area (Å²) in [6, 6.07) is 0. The van der Waals surface area contributed by atoms with Crippen LogP contribution in [0, 0.1) is 5.92 Å². The Bertz CT molecular complexity index is 127. The molecular weight excluding hydrogens is 144 g/mol. The van der Waals surface area contributed by atoms with E-state index in [-0.39, 0.29) is 12.4 Å². The molecule has 2 aliphatic rings. The maximum atomic E-state index is 5.33. The van der Waals surface area contributed by atoms with Crippen LogP contribution >= 0.6 is 0 Å². The SMILES string of the molecule is C[C](C1CCO1)C1OCCO1. The van der Waals surface area contributed by atoms with Gasteiger partial charge in [0.1, 0.15) is 0 Å². The highest BCUT2D eigenvalue weighted by molar-refractivity contribution is 5.01. The number of rotatable bonds is 2. The summed E-state index contributed by atoms with van der Waals surface area (Å²) in [6.07, 6.45) is 1.31. The molecule has 2 heterocycles. The Morgan fingerprint density at radius 2 is 1.73 bits per heavy atom. The lowest BCUT2D eigenvalue weighted by Gasteiger charge is -2.33. The van der Waals surface area contributed by atoms with Gasteiger partial charge in [-0.05, 0) is 6.42 Å². The first-order valence-corrected chi connectivity index (χ1v) is 4.06. The minimum Gasteiger partial charge on any atom is -0.377 e. The second kappa shape index (κ2) is 3.09. The van der Waals surface area contributed by atoms with Crippen molar-refractivity contribution in [1.82, 2.24) is 0 Å². The van der Waals surface area contributed by atoms with E-state index in [1.165, 1.54) is 5.92 Å². The number of ether oxygens (including phenoxy) is 3. The summed E-state index contributed by atoms with van der Waals surface area (Å²) in [6.45, 7) is 4.36. The van der Waals surface area contributed by atoms with Crippen molar-refractivity contribution >= 4 is 0 Å². The van der Waals surface area contributed by atoms with Gasteiger partial charge in [-0.2, -0.15) is 0 Å². The molecule has 2 saturated heterocycles. The van der Waals surface area contributed by atoms with Crippen LogP contribution in [0.3, 0.4) is 0 Å². The molecule has 0 bridgehead atoms. The first-order chi connectivity index (χ1) is 5.38. The molecule has 1 atom stereocenters. The lowest BCUT2D eigenvalue weighted by atomic mass is 9.98. The van der Waals surface area contributed by atoms with E-state index in [1.807, 2.05) is 6.92 Å². The highest BCUT2D eigenvalue weighted by Gasteiger charge is 2.34. The normalized spacial score (nSPS) is 32.7. The zero-order valence-electron chi connectivity index (χ0n) is 6.71. The van der Waals surface area contributed by atoms with E-state index in [1.54, 1.807) is 0 Å². The van der Waals surface area contributed by atoms with Gasteiger partial charge in [-0.3, -0.25) is 0 Å². The van der Waals surface area contributed by atoms with E-state index >= 15 is 0 Å².